The lowest BCUT2D eigenvalue weighted by Gasteiger charge is -2.34. The van der Waals surface area contributed by atoms with E-state index in [0.29, 0.717) is 38.4 Å². The van der Waals surface area contributed by atoms with Crippen molar-refractivity contribution in [2.75, 3.05) is 52.1 Å². The zero-order valence-corrected chi connectivity index (χ0v) is 21.7. The van der Waals surface area contributed by atoms with Crippen LogP contribution >= 0.6 is 11.8 Å². The summed E-state index contributed by atoms with van der Waals surface area (Å²) in [6, 6.07) is 17.7. The fourth-order valence-electron chi connectivity index (χ4n) is 4.01. The Kier molecular flexibility index (Phi) is 10.2. The van der Waals surface area contributed by atoms with Gasteiger partial charge in [-0.05, 0) is 37.1 Å². The van der Waals surface area contributed by atoms with E-state index in [-0.39, 0.29) is 17.1 Å². The van der Waals surface area contributed by atoms with Crippen molar-refractivity contribution in [3.05, 3.63) is 60.2 Å². The molecule has 0 unspecified atom stereocenters. The second-order valence-electron chi connectivity index (χ2n) is 8.94. The summed E-state index contributed by atoms with van der Waals surface area (Å²) < 4.78 is 0. The molecule has 0 aromatic heterocycles. The molecule has 7 nitrogen and oxygen atoms in total. The molecule has 1 N–H and O–H groups in total. The number of hydrogen-bond donors (Lipinski definition) is 1. The average Bonchev–Trinajstić information content (AvgIpc) is 2.86. The van der Waals surface area contributed by atoms with Gasteiger partial charge in [0.05, 0.1) is 0 Å². The number of rotatable bonds is 9. The van der Waals surface area contributed by atoms with E-state index in [4.69, 9.17) is 0 Å². The van der Waals surface area contributed by atoms with Crippen LogP contribution in [0.25, 0.3) is 11.1 Å². The van der Waals surface area contributed by atoms with Gasteiger partial charge in [-0.1, -0.05) is 66.4 Å². The number of carbonyl (C=O) groups excluding carboxylic acids is 3. The minimum Gasteiger partial charge on any atom is -0.338 e. The Bertz CT molecular complexity index is 976. The number of piperazine rings is 1. The molecule has 0 saturated carbocycles. The number of urea groups is 1. The smallest absolute Gasteiger partial charge is 0.318 e. The molecule has 0 spiro atoms. The first-order chi connectivity index (χ1) is 16.8. The van der Waals surface area contributed by atoms with Crippen molar-refractivity contribution < 1.29 is 14.4 Å². The lowest BCUT2D eigenvalue weighted by atomic mass is 10.0. The number of nitrogens with one attached hydrogen (secondary N) is 1. The fourth-order valence-corrected chi connectivity index (χ4v) is 4.61. The van der Waals surface area contributed by atoms with Gasteiger partial charge in [0.2, 0.25) is 5.91 Å². The third kappa shape index (κ3) is 8.40. The number of benzene rings is 2. The summed E-state index contributed by atoms with van der Waals surface area (Å²) in [5.74, 6) is 0.470. The van der Waals surface area contributed by atoms with Crippen LogP contribution in [0.3, 0.4) is 0 Å². The molecule has 188 valence electrons. The van der Waals surface area contributed by atoms with E-state index in [1.807, 2.05) is 30.1 Å². The highest BCUT2D eigenvalue weighted by Gasteiger charge is 2.26. The molecule has 0 aliphatic carbocycles. The predicted octanol–water partition coefficient (Wildman–Crippen LogP) is 3.35. The fraction of sp³-hybridized carbons (Fsp3) is 0.444. The molecule has 2 aromatic rings. The number of amides is 3. The monoisotopic (exact) mass is 496 g/mol. The standard InChI is InChI=1S/C27H36N4O3S/c1-21(26(33)30-17-15-29(3)16-18-30)28-27(34)31(19-20-35-22(2)32)14-13-23-9-11-25(12-10-23)24-7-5-4-6-8-24/h4-12,21H,13-20H2,1-3H3,(H,28,34)/t21-/m0/s1. The van der Waals surface area contributed by atoms with Gasteiger partial charge in [-0.2, -0.15) is 0 Å². The van der Waals surface area contributed by atoms with Crippen LogP contribution in [-0.2, 0) is 16.0 Å². The maximum Gasteiger partial charge on any atom is 0.318 e. The van der Waals surface area contributed by atoms with E-state index in [0.717, 1.165) is 24.2 Å². The third-order valence-electron chi connectivity index (χ3n) is 6.21. The summed E-state index contributed by atoms with van der Waals surface area (Å²) in [5.41, 5.74) is 3.45. The van der Waals surface area contributed by atoms with Gasteiger partial charge in [0.15, 0.2) is 5.12 Å². The van der Waals surface area contributed by atoms with E-state index in [2.05, 4.69) is 46.6 Å². The van der Waals surface area contributed by atoms with Crippen LogP contribution in [0.15, 0.2) is 54.6 Å². The van der Waals surface area contributed by atoms with Gasteiger partial charge in [-0.25, -0.2) is 4.79 Å². The SMILES string of the molecule is CC(=O)SCCN(CCc1ccc(-c2ccccc2)cc1)C(=O)N[C@@H](C)C(=O)N1CCN(C)CC1. The zero-order chi connectivity index (χ0) is 25.2. The molecule has 1 aliphatic heterocycles. The Hall–Kier alpha value is -2.84. The molecule has 0 radical (unpaired) electrons. The highest BCUT2D eigenvalue weighted by Crippen LogP contribution is 2.19. The first-order valence-corrected chi connectivity index (χ1v) is 13.1. The van der Waals surface area contributed by atoms with Gasteiger partial charge in [-0.15, -0.1) is 0 Å². The van der Waals surface area contributed by atoms with Crippen LogP contribution in [0.2, 0.25) is 0 Å². The van der Waals surface area contributed by atoms with E-state index in [1.165, 1.54) is 24.2 Å². The summed E-state index contributed by atoms with van der Waals surface area (Å²) in [4.78, 5) is 43.0. The van der Waals surface area contributed by atoms with Gasteiger partial charge < -0.3 is 20.0 Å². The quantitative estimate of drug-likeness (QED) is 0.577. The number of likely N-dealkylation sites (N-methyl/N-ethyl adjacent to an activating group) is 1. The number of carbonyl (C=O) groups is 3. The van der Waals surface area contributed by atoms with Gasteiger partial charge in [0.25, 0.3) is 0 Å². The minimum atomic E-state index is -0.598. The van der Waals surface area contributed by atoms with Gasteiger partial charge in [0.1, 0.15) is 6.04 Å². The summed E-state index contributed by atoms with van der Waals surface area (Å²) in [6.45, 7) is 7.23. The Morgan fingerprint density at radius 2 is 1.57 bits per heavy atom. The van der Waals surface area contributed by atoms with Crippen LogP contribution in [0.1, 0.15) is 19.4 Å². The van der Waals surface area contributed by atoms with Crippen LogP contribution in [-0.4, -0.2) is 89.9 Å². The molecule has 1 fully saturated rings. The van der Waals surface area contributed by atoms with Crippen molar-refractivity contribution in [1.29, 1.82) is 0 Å². The first-order valence-electron chi connectivity index (χ1n) is 12.1. The van der Waals surface area contributed by atoms with E-state index in [1.54, 1.807) is 11.8 Å². The van der Waals surface area contributed by atoms with Crippen LogP contribution in [0.4, 0.5) is 4.79 Å². The lowest BCUT2D eigenvalue weighted by Crippen LogP contribution is -2.55. The maximum atomic E-state index is 13.1. The zero-order valence-electron chi connectivity index (χ0n) is 20.9. The highest BCUT2D eigenvalue weighted by atomic mass is 32.2. The average molecular weight is 497 g/mol. The maximum absolute atomic E-state index is 13.1. The normalized spacial score (nSPS) is 14.9. The molecule has 1 atom stereocenters. The number of thioether (sulfide) groups is 1. The van der Waals surface area contributed by atoms with Crippen LogP contribution in [0, 0.1) is 0 Å². The topological polar surface area (TPSA) is 73.0 Å². The molecule has 8 heteroatoms. The van der Waals surface area contributed by atoms with Crippen molar-refractivity contribution in [2.45, 2.75) is 26.3 Å². The van der Waals surface area contributed by atoms with E-state index in [9.17, 15) is 14.4 Å². The Balaban J connectivity index is 1.58. The molecule has 3 amide bonds. The molecule has 0 bridgehead atoms. The van der Waals surface area contributed by atoms with Crippen molar-refractivity contribution in [2.24, 2.45) is 0 Å². The van der Waals surface area contributed by atoms with Gasteiger partial charge in [0, 0.05) is 51.9 Å². The Labute approximate surface area is 212 Å². The summed E-state index contributed by atoms with van der Waals surface area (Å²) in [5, 5.41) is 2.91. The molecule has 1 aliphatic rings. The Morgan fingerprint density at radius 3 is 2.20 bits per heavy atom. The second kappa shape index (κ2) is 13.3. The molecule has 1 heterocycles. The predicted molar refractivity (Wildman–Crippen MR) is 142 cm³/mol. The number of hydrogen-bond acceptors (Lipinski definition) is 5. The van der Waals surface area contributed by atoms with Gasteiger partial charge >= 0.3 is 6.03 Å². The van der Waals surface area contributed by atoms with Crippen molar-refractivity contribution in [3.8, 4) is 11.1 Å². The summed E-state index contributed by atoms with van der Waals surface area (Å²) in [7, 11) is 2.04. The third-order valence-corrected chi connectivity index (χ3v) is 7.00. The molecule has 2 aromatic carbocycles. The van der Waals surface area contributed by atoms with Crippen molar-refractivity contribution in [3.63, 3.8) is 0 Å². The highest BCUT2D eigenvalue weighted by molar-refractivity contribution is 8.13. The molecule has 1 saturated heterocycles. The van der Waals surface area contributed by atoms with E-state index < -0.39 is 6.04 Å². The molecule has 3 rings (SSSR count). The first kappa shape index (κ1) is 26.8. The molecular formula is C27H36N4O3S. The van der Waals surface area contributed by atoms with Crippen LogP contribution < -0.4 is 5.32 Å². The Morgan fingerprint density at radius 1 is 0.943 bits per heavy atom. The summed E-state index contributed by atoms with van der Waals surface area (Å²) in [6.07, 6.45) is 0.689. The second-order valence-corrected chi connectivity index (χ2v) is 10.2. The largest absolute Gasteiger partial charge is 0.338 e. The number of nitrogens with zero attached hydrogens (tertiary/aromatic N) is 3. The van der Waals surface area contributed by atoms with Crippen molar-refractivity contribution in [1.82, 2.24) is 20.0 Å². The van der Waals surface area contributed by atoms with Crippen LogP contribution in [0.5, 0.6) is 0 Å². The molecular weight excluding hydrogens is 460 g/mol. The minimum absolute atomic E-state index is 0.0282. The van der Waals surface area contributed by atoms with E-state index >= 15 is 0 Å². The summed E-state index contributed by atoms with van der Waals surface area (Å²) >= 11 is 1.21. The van der Waals surface area contributed by atoms with Gasteiger partial charge in [-0.3, -0.25) is 9.59 Å². The molecule has 35 heavy (non-hydrogen) atoms. The lowest BCUT2D eigenvalue weighted by molar-refractivity contribution is -0.134. The van der Waals surface area contributed by atoms with Crippen molar-refractivity contribution >= 4 is 28.8 Å².